The number of halogens is 2. The first-order valence-corrected chi connectivity index (χ1v) is 6.83. The van der Waals surface area contributed by atoms with Crippen molar-refractivity contribution >= 4 is 27.7 Å². The number of hydrogen-bond donors (Lipinski definition) is 1. The van der Waals surface area contributed by atoms with Gasteiger partial charge in [-0.05, 0) is 24.1 Å². The Kier molecular flexibility index (Phi) is 3.38. The lowest BCUT2D eigenvalue weighted by Gasteiger charge is -2.30. The molecule has 0 aliphatic carbocycles. The molecule has 1 aliphatic rings. The summed E-state index contributed by atoms with van der Waals surface area (Å²) < 4.78 is 14.7. The monoisotopic (exact) mass is 289 g/mol. The molecular formula is C11H13BrFNS. The Bertz CT molecular complexity index is 383. The molecule has 82 valence electrons. The van der Waals surface area contributed by atoms with Crippen molar-refractivity contribution in [3.63, 3.8) is 0 Å². The van der Waals surface area contributed by atoms with Gasteiger partial charge in [-0.1, -0.05) is 22.9 Å². The van der Waals surface area contributed by atoms with Crippen LogP contribution in [0, 0.1) is 5.82 Å². The second kappa shape index (κ2) is 4.44. The van der Waals surface area contributed by atoms with Crippen LogP contribution >= 0.6 is 27.7 Å². The van der Waals surface area contributed by atoms with E-state index >= 15 is 0 Å². The minimum absolute atomic E-state index is 0.167. The van der Waals surface area contributed by atoms with Crippen molar-refractivity contribution in [2.75, 3.05) is 0 Å². The smallest absolute Gasteiger partial charge is 0.128 e. The summed E-state index contributed by atoms with van der Waals surface area (Å²) >= 11 is 5.27. The molecule has 0 spiro atoms. The average Bonchev–Trinajstić information content (AvgIpc) is 2.23. The molecule has 15 heavy (non-hydrogen) atoms. The van der Waals surface area contributed by atoms with Gasteiger partial charge in [0.25, 0.3) is 0 Å². The van der Waals surface area contributed by atoms with Gasteiger partial charge in [-0.15, -0.1) is 0 Å². The van der Waals surface area contributed by atoms with Crippen LogP contribution in [0.2, 0.25) is 0 Å². The molecule has 0 saturated heterocycles. The second-order valence-electron chi connectivity index (χ2n) is 3.70. The summed E-state index contributed by atoms with van der Waals surface area (Å²) in [5.74, 6) is 0.680. The largest absolute Gasteiger partial charge is 0.323 e. The molecular weight excluding hydrogens is 277 g/mol. The van der Waals surface area contributed by atoms with Gasteiger partial charge in [0, 0.05) is 27.1 Å². The van der Waals surface area contributed by atoms with Gasteiger partial charge < -0.3 is 5.73 Å². The van der Waals surface area contributed by atoms with E-state index in [-0.39, 0.29) is 11.9 Å². The lowest BCUT2D eigenvalue weighted by atomic mass is 9.97. The average molecular weight is 290 g/mol. The molecule has 0 saturated carbocycles. The van der Waals surface area contributed by atoms with E-state index in [1.165, 1.54) is 6.07 Å². The highest BCUT2D eigenvalue weighted by Crippen LogP contribution is 2.41. The summed E-state index contributed by atoms with van der Waals surface area (Å²) in [7, 11) is 0. The molecule has 1 aliphatic heterocycles. The van der Waals surface area contributed by atoms with Crippen molar-refractivity contribution in [2.45, 2.75) is 30.4 Å². The third-order valence-corrected chi connectivity index (χ3v) is 5.08. The molecule has 0 bridgehead atoms. The molecule has 1 aromatic rings. The van der Waals surface area contributed by atoms with Crippen LogP contribution in [0.5, 0.6) is 0 Å². The van der Waals surface area contributed by atoms with Crippen molar-refractivity contribution < 1.29 is 4.39 Å². The van der Waals surface area contributed by atoms with Crippen LogP contribution < -0.4 is 5.73 Å². The zero-order valence-electron chi connectivity index (χ0n) is 8.47. The maximum atomic E-state index is 13.7. The van der Waals surface area contributed by atoms with Crippen LogP contribution in [-0.2, 0) is 5.75 Å². The first-order valence-electron chi connectivity index (χ1n) is 4.99. The third-order valence-electron chi connectivity index (χ3n) is 2.82. The first-order chi connectivity index (χ1) is 7.15. The Morgan fingerprint density at radius 2 is 2.33 bits per heavy atom. The number of rotatable bonds is 1. The van der Waals surface area contributed by atoms with Gasteiger partial charge in [0.05, 0.1) is 0 Å². The Labute approximate surface area is 102 Å². The first kappa shape index (κ1) is 11.4. The predicted octanol–water partition coefficient (Wildman–Crippen LogP) is 3.61. The Balaban J connectivity index is 2.50. The number of thioether (sulfide) groups is 1. The minimum atomic E-state index is -0.179. The molecule has 1 heterocycles. The normalized spacial score (nSPS) is 25.1. The van der Waals surface area contributed by atoms with Crippen LogP contribution in [0.25, 0.3) is 0 Å². The summed E-state index contributed by atoms with van der Waals surface area (Å²) in [5.41, 5.74) is 7.82. The van der Waals surface area contributed by atoms with E-state index in [0.29, 0.717) is 10.8 Å². The van der Waals surface area contributed by atoms with Gasteiger partial charge in [0.1, 0.15) is 5.82 Å². The van der Waals surface area contributed by atoms with Crippen molar-refractivity contribution in [1.82, 2.24) is 0 Å². The zero-order chi connectivity index (χ0) is 11.0. The van der Waals surface area contributed by atoms with Gasteiger partial charge in [-0.3, -0.25) is 0 Å². The van der Waals surface area contributed by atoms with E-state index in [0.717, 1.165) is 22.2 Å². The molecule has 2 N–H and O–H groups in total. The Morgan fingerprint density at radius 1 is 1.60 bits per heavy atom. The lowest BCUT2D eigenvalue weighted by Crippen LogP contribution is -2.29. The van der Waals surface area contributed by atoms with Crippen LogP contribution in [0.4, 0.5) is 4.39 Å². The molecule has 2 rings (SSSR count). The maximum Gasteiger partial charge on any atom is 0.128 e. The summed E-state index contributed by atoms with van der Waals surface area (Å²) in [6, 6.07) is 3.07. The standard InChI is InChI=1S/C11H13BrFNS/c1-2-9-11(14)10-6(5-15-9)7(12)3-4-8(10)13/h3-4,9,11H,2,5,14H2,1H3. The van der Waals surface area contributed by atoms with Crippen LogP contribution in [0.3, 0.4) is 0 Å². The van der Waals surface area contributed by atoms with E-state index in [1.54, 1.807) is 6.07 Å². The summed E-state index contributed by atoms with van der Waals surface area (Å²) in [6.45, 7) is 2.10. The highest BCUT2D eigenvalue weighted by Gasteiger charge is 2.29. The fourth-order valence-electron chi connectivity index (χ4n) is 1.97. The van der Waals surface area contributed by atoms with Crippen molar-refractivity contribution in [1.29, 1.82) is 0 Å². The summed E-state index contributed by atoms with van der Waals surface area (Å²) in [4.78, 5) is 0. The quantitative estimate of drug-likeness (QED) is 0.855. The number of hydrogen-bond acceptors (Lipinski definition) is 2. The van der Waals surface area contributed by atoms with E-state index in [9.17, 15) is 4.39 Å². The van der Waals surface area contributed by atoms with Crippen LogP contribution in [0.1, 0.15) is 30.5 Å². The van der Waals surface area contributed by atoms with Gasteiger partial charge in [0.2, 0.25) is 0 Å². The van der Waals surface area contributed by atoms with Gasteiger partial charge in [0.15, 0.2) is 0 Å². The fourth-order valence-corrected chi connectivity index (χ4v) is 3.91. The molecule has 0 aromatic heterocycles. The van der Waals surface area contributed by atoms with E-state index < -0.39 is 0 Å². The van der Waals surface area contributed by atoms with Crippen molar-refractivity contribution in [3.8, 4) is 0 Å². The molecule has 0 amide bonds. The van der Waals surface area contributed by atoms with E-state index in [1.807, 2.05) is 11.8 Å². The Morgan fingerprint density at radius 3 is 3.00 bits per heavy atom. The fraction of sp³-hybridized carbons (Fsp3) is 0.455. The second-order valence-corrected chi connectivity index (χ2v) is 5.79. The topological polar surface area (TPSA) is 26.0 Å². The molecule has 1 nitrogen and oxygen atoms in total. The van der Waals surface area contributed by atoms with E-state index in [4.69, 9.17) is 5.73 Å². The molecule has 0 radical (unpaired) electrons. The lowest BCUT2D eigenvalue weighted by molar-refractivity contribution is 0.557. The molecule has 2 unspecified atom stereocenters. The summed E-state index contributed by atoms with van der Waals surface area (Å²) in [5, 5.41) is 0.335. The maximum absolute atomic E-state index is 13.7. The SMILES string of the molecule is CCC1SCc2c(Br)ccc(F)c2C1N. The summed E-state index contributed by atoms with van der Waals surface area (Å²) in [6.07, 6.45) is 0.983. The van der Waals surface area contributed by atoms with Gasteiger partial charge in [-0.2, -0.15) is 11.8 Å². The Hall–Kier alpha value is -0.0600. The van der Waals surface area contributed by atoms with Gasteiger partial charge in [-0.25, -0.2) is 4.39 Å². The van der Waals surface area contributed by atoms with E-state index in [2.05, 4.69) is 22.9 Å². The highest BCUT2D eigenvalue weighted by molar-refractivity contribution is 9.10. The van der Waals surface area contributed by atoms with Crippen LogP contribution in [-0.4, -0.2) is 5.25 Å². The van der Waals surface area contributed by atoms with Crippen LogP contribution in [0.15, 0.2) is 16.6 Å². The zero-order valence-corrected chi connectivity index (χ0v) is 10.9. The number of benzene rings is 1. The van der Waals surface area contributed by atoms with Crippen molar-refractivity contribution in [2.24, 2.45) is 5.73 Å². The predicted molar refractivity (Wildman–Crippen MR) is 66.4 cm³/mol. The van der Waals surface area contributed by atoms with Gasteiger partial charge >= 0.3 is 0 Å². The molecule has 1 aromatic carbocycles. The number of fused-ring (bicyclic) bond motifs is 1. The highest BCUT2D eigenvalue weighted by atomic mass is 79.9. The molecule has 2 atom stereocenters. The molecule has 4 heteroatoms. The third kappa shape index (κ3) is 1.95. The number of nitrogens with two attached hydrogens (primary N) is 1. The molecule has 0 fully saturated rings. The van der Waals surface area contributed by atoms with Crippen molar-refractivity contribution in [3.05, 3.63) is 33.5 Å². The minimum Gasteiger partial charge on any atom is -0.323 e.